The minimum absolute atomic E-state index is 0.121. The fourth-order valence-electron chi connectivity index (χ4n) is 2.08. The highest BCUT2D eigenvalue weighted by Gasteiger charge is 2.24. The normalized spacial score (nSPS) is 16.4. The van der Waals surface area contributed by atoms with Gasteiger partial charge in [-0.05, 0) is 19.3 Å². The van der Waals surface area contributed by atoms with E-state index in [1.807, 2.05) is 6.92 Å². The van der Waals surface area contributed by atoms with Gasteiger partial charge in [0.1, 0.15) is 5.82 Å². The Hall–Kier alpha value is -1.56. The second kappa shape index (κ2) is 5.61. The second-order valence-corrected chi connectivity index (χ2v) is 5.11. The highest BCUT2D eigenvalue weighted by atomic mass is 19.1. The van der Waals surface area contributed by atoms with E-state index >= 15 is 0 Å². The highest BCUT2D eigenvalue weighted by Crippen LogP contribution is 2.33. The molecule has 1 aromatic rings. The molecule has 1 aliphatic rings. The van der Waals surface area contributed by atoms with Gasteiger partial charge in [0.15, 0.2) is 0 Å². The van der Waals surface area contributed by atoms with Crippen LogP contribution in [0.4, 0.5) is 14.5 Å². The number of hydrogen-bond acceptors (Lipinski definition) is 3. The predicted octanol–water partition coefficient (Wildman–Crippen LogP) is 3.15. The molecule has 4 nitrogen and oxygen atoms in total. The maximum Gasteiger partial charge on any atom is 0.305 e. The Morgan fingerprint density at radius 3 is 2.68 bits per heavy atom. The van der Waals surface area contributed by atoms with Crippen molar-refractivity contribution < 1.29 is 13.7 Å². The van der Waals surface area contributed by atoms with Gasteiger partial charge in [-0.2, -0.15) is 4.39 Å². The summed E-state index contributed by atoms with van der Waals surface area (Å²) >= 11 is 0. The van der Waals surface area contributed by atoms with Crippen LogP contribution in [0.2, 0.25) is 0 Å². The Labute approximate surface area is 110 Å². The number of rotatable bonds is 6. The summed E-state index contributed by atoms with van der Waals surface area (Å²) in [6.07, 6.45) is 3.50. The van der Waals surface area contributed by atoms with Crippen LogP contribution >= 0.6 is 0 Å². The summed E-state index contributed by atoms with van der Waals surface area (Å²) in [5, 5.41) is 13.7. The Balaban J connectivity index is 2.02. The van der Waals surface area contributed by atoms with Crippen molar-refractivity contribution in [1.29, 1.82) is 0 Å². The number of nitrogens with zero attached hydrogens (tertiary/aromatic N) is 1. The van der Waals surface area contributed by atoms with Crippen molar-refractivity contribution >= 4 is 5.69 Å². The summed E-state index contributed by atoms with van der Waals surface area (Å²) in [6, 6.07) is 1.75. The number of benzene rings is 1. The molecule has 6 heteroatoms. The van der Waals surface area contributed by atoms with Crippen LogP contribution in [0.25, 0.3) is 0 Å². The zero-order valence-corrected chi connectivity index (χ0v) is 10.7. The number of hydrogen-bond donors (Lipinski definition) is 1. The fourth-order valence-corrected chi connectivity index (χ4v) is 2.08. The summed E-state index contributed by atoms with van der Waals surface area (Å²) in [6.45, 7) is 2.16. The molecule has 0 aliphatic heterocycles. The molecule has 0 bridgehead atoms. The van der Waals surface area contributed by atoms with Gasteiger partial charge >= 0.3 is 5.69 Å². The first kappa shape index (κ1) is 13.9. The number of nitro groups is 1. The molecule has 104 valence electrons. The average Bonchev–Trinajstić information content (AvgIpc) is 3.11. The van der Waals surface area contributed by atoms with Crippen LogP contribution in [0.15, 0.2) is 12.1 Å². The van der Waals surface area contributed by atoms with Gasteiger partial charge in [-0.3, -0.25) is 10.1 Å². The molecule has 1 aromatic carbocycles. The molecular weight excluding hydrogens is 254 g/mol. The van der Waals surface area contributed by atoms with Gasteiger partial charge in [0.25, 0.3) is 0 Å². The second-order valence-electron chi connectivity index (χ2n) is 5.11. The lowest BCUT2D eigenvalue weighted by Crippen LogP contribution is -2.26. The number of nitro benzene ring substituents is 1. The smallest absolute Gasteiger partial charge is 0.305 e. The van der Waals surface area contributed by atoms with Crippen molar-refractivity contribution in [2.75, 3.05) is 0 Å². The fraction of sp³-hybridized carbons (Fsp3) is 0.538. The first-order chi connectivity index (χ1) is 8.97. The summed E-state index contributed by atoms with van der Waals surface area (Å²) in [5.74, 6) is -1.15. The zero-order chi connectivity index (χ0) is 14.0. The van der Waals surface area contributed by atoms with E-state index in [1.165, 1.54) is 12.8 Å². The summed E-state index contributed by atoms with van der Waals surface area (Å²) < 4.78 is 26.7. The number of halogens is 2. The van der Waals surface area contributed by atoms with Gasteiger partial charge in [-0.1, -0.05) is 12.8 Å². The van der Waals surface area contributed by atoms with E-state index in [9.17, 15) is 18.9 Å². The summed E-state index contributed by atoms with van der Waals surface area (Å²) in [5.41, 5.74) is -0.566. The molecule has 2 rings (SSSR count). The monoisotopic (exact) mass is 270 g/mol. The molecule has 0 heterocycles. The van der Waals surface area contributed by atoms with Gasteiger partial charge in [-0.25, -0.2) is 4.39 Å². The minimum atomic E-state index is -1.14. The van der Waals surface area contributed by atoms with Crippen LogP contribution < -0.4 is 5.32 Å². The van der Waals surface area contributed by atoms with Gasteiger partial charge in [-0.15, -0.1) is 0 Å². The molecule has 1 fully saturated rings. The van der Waals surface area contributed by atoms with Gasteiger partial charge in [0, 0.05) is 30.3 Å². The summed E-state index contributed by atoms with van der Waals surface area (Å²) in [4.78, 5) is 9.76. The molecule has 1 unspecified atom stereocenters. The Kier molecular flexibility index (Phi) is 4.09. The maximum absolute atomic E-state index is 13.5. The lowest BCUT2D eigenvalue weighted by molar-refractivity contribution is -0.387. The molecule has 0 saturated heterocycles. The first-order valence-corrected chi connectivity index (χ1v) is 6.33. The van der Waals surface area contributed by atoms with E-state index in [0.29, 0.717) is 6.07 Å². The lowest BCUT2D eigenvalue weighted by atomic mass is 10.1. The third-order valence-electron chi connectivity index (χ3n) is 3.34. The van der Waals surface area contributed by atoms with E-state index in [1.54, 1.807) is 0 Å². The Bertz CT molecular complexity index is 490. The molecule has 0 radical (unpaired) electrons. The molecule has 19 heavy (non-hydrogen) atoms. The van der Waals surface area contributed by atoms with Crippen molar-refractivity contribution in [1.82, 2.24) is 5.32 Å². The summed E-state index contributed by atoms with van der Waals surface area (Å²) in [7, 11) is 0. The van der Waals surface area contributed by atoms with E-state index in [4.69, 9.17) is 0 Å². The van der Waals surface area contributed by atoms with Crippen molar-refractivity contribution in [2.24, 2.45) is 5.92 Å². The van der Waals surface area contributed by atoms with Crippen LogP contribution in [0.1, 0.15) is 31.7 Å². The average molecular weight is 270 g/mol. The van der Waals surface area contributed by atoms with Crippen LogP contribution in [-0.4, -0.2) is 11.0 Å². The van der Waals surface area contributed by atoms with E-state index in [0.717, 1.165) is 18.4 Å². The maximum atomic E-state index is 13.5. The highest BCUT2D eigenvalue weighted by molar-refractivity contribution is 5.37. The minimum Gasteiger partial charge on any atom is -0.310 e. The zero-order valence-electron chi connectivity index (χ0n) is 10.7. The largest absolute Gasteiger partial charge is 0.310 e. The molecule has 1 aliphatic carbocycles. The SMILES string of the molecule is CC(CC1CC1)NCc1cc([N+](=O)[O-])c(F)cc1F. The van der Waals surface area contributed by atoms with E-state index < -0.39 is 22.2 Å². The van der Waals surface area contributed by atoms with E-state index in [2.05, 4.69) is 5.32 Å². The van der Waals surface area contributed by atoms with Crippen molar-refractivity contribution in [3.05, 3.63) is 39.4 Å². The van der Waals surface area contributed by atoms with Crippen molar-refractivity contribution in [3.63, 3.8) is 0 Å². The third kappa shape index (κ3) is 3.70. The Morgan fingerprint density at radius 2 is 2.11 bits per heavy atom. The van der Waals surface area contributed by atoms with Gasteiger partial charge < -0.3 is 5.32 Å². The standard InChI is InChI=1S/C13H16F2N2O2/c1-8(4-9-2-3-9)16-7-10-5-13(17(18)19)12(15)6-11(10)14/h5-6,8-9,16H,2-4,7H2,1H3. The lowest BCUT2D eigenvalue weighted by Gasteiger charge is -2.13. The van der Waals surface area contributed by atoms with Crippen molar-refractivity contribution in [2.45, 2.75) is 38.8 Å². The molecule has 1 atom stereocenters. The predicted molar refractivity (Wildman–Crippen MR) is 66.7 cm³/mol. The molecule has 0 aromatic heterocycles. The van der Waals surface area contributed by atoms with E-state index in [-0.39, 0.29) is 18.2 Å². The van der Waals surface area contributed by atoms with Crippen LogP contribution in [-0.2, 0) is 6.54 Å². The topological polar surface area (TPSA) is 55.2 Å². The van der Waals surface area contributed by atoms with Crippen molar-refractivity contribution in [3.8, 4) is 0 Å². The third-order valence-corrected chi connectivity index (χ3v) is 3.34. The van der Waals surface area contributed by atoms with Crippen LogP contribution in [0.5, 0.6) is 0 Å². The quantitative estimate of drug-likeness (QED) is 0.638. The van der Waals surface area contributed by atoms with Gasteiger partial charge in [0.2, 0.25) is 5.82 Å². The molecule has 1 N–H and O–H groups in total. The Morgan fingerprint density at radius 1 is 1.42 bits per heavy atom. The number of nitrogens with one attached hydrogen (secondary N) is 1. The molecule has 0 amide bonds. The molecular formula is C13H16F2N2O2. The van der Waals surface area contributed by atoms with Gasteiger partial charge in [0.05, 0.1) is 4.92 Å². The molecule has 0 spiro atoms. The molecule has 1 saturated carbocycles. The first-order valence-electron chi connectivity index (χ1n) is 6.33. The van der Waals surface area contributed by atoms with Crippen LogP contribution in [0.3, 0.4) is 0 Å². The van der Waals surface area contributed by atoms with Crippen LogP contribution in [0, 0.1) is 27.7 Å².